The maximum Gasteiger partial charge on any atom is 0.164 e. The van der Waals surface area contributed by atoms with E-state index < -0.39 is 24.5 Å². The van der Waals surface area contributed by atoms with Crippen LogP contribution in [0.5, 0.6) is 0 Å². The van der Waals surface area contributed by atoms with Crippen LogP contribution in [-0.4, -0.2) is 49.3 Å². The summed E-state index contributed by atoms with van der Waals surface area (Å²) in [6, 6.07) is 0. The molecule has 20 heavy (non-hydrogen) atoms. The van der Waals surface area contributed by atoms with Crippen LogP contribution in [0.3, 0.4) is 0 Å². The second kappa shape index (κ2) is 5.16. The fourth-order valence-corrected chi connectivity index (χ4v) is 3.32. The smallest absolute Gasteiger partial charge is 0.164 e. The highest BCUT2D eigenvalue weighted by atomic mass is 35.5. The summed E-state index contributed by atoms with van der Waals surface area (Å²) < 4.78 is 7.33. The van der Waals surface area contributed by atoms with Crippen LogP contribution in [0.15, 0.2) is 17.4 Å². The number of nitrogens with zero attached hydrogens (tertiary/aromatic N) is 3. The van der Waals surface area contributed by atoms with Gasteiger partial charge in [0.1, 0.15) is 29.3 Å². The first-order valence-corrected chi connectivity index (χ1v) is 7.71. The predicted octanol–water partition coefficient (Wildman–Crippen LogP) is 1.45. The third-order valence-electron chi connectivity index (χ3n) is 3.50. The van der Waals surface area contributed by atoms with Crippen LogP contribution in [0.25, 0.3) is 11.0 Å². The van der Waals surface area contributed by atoms with Crippen LogP contribution in [0, 0.1) is 0 Å². The summed E-state index contributed by atoms with van der Waals surface area (Å²) in [4.78, 5) is 9.10. The molecule has 0 aromatic carbocycles. The lowest BCUT2D eigenvalue weighted by Crippen LogP contribution is -2.30. The normalized spacial score (nSPS) is 30.2. The van der Waals surface area contributed by atoms with Gasteiger partial charge in [0.05, 0.1) is 11.5 Å². The van der Waals surface area contributed by atoms with Gasteiger partial charge < -0.3 is 19.5 Å². The van der Waals surface area contributed by atoms with E-state index in [4.69, 9.17) is 16.3 Å². The van der Waals surface area contributed by atoms with Crippen molar-refractivity contribution in [2.45, 2.75) is 36.4 Å². The van der Waals surface area contributed by atoms with Gasteiger partial charge in [-0.1, -0.05) is 11.6 Å². The minimum atomic E-state index is -1.01. The van der Waals surface area contributed by atoms with Crippen LogP contribution >= 0.6 is 23.4 Å². The molecule has 4 atom stereocenters. The highest BCUT2D eigenvalue weighted by Crippen LogP contribution is 2.37. The van der Waals surface area contributed by atoms with E-state index in [1.807, 2.05) is 12.5 Å². The lowest BCUT2D eigenvalue weighted by molar-refractivity contribution is -0.0298. The van der Waals surface area contributed by atoms with Crippen molar-refractivity contribution >= 4 is 34.4 Å². The second-order valence-corrected chi connectivity index (χ2v) is 5.89. The molecular weight excluding hydrogens is 302 g/mol. The highest BCUT2D eigenvalue weighted by molar-refractivity contribution is 7.98. The molecule has 3 heterocycles. The Labute approximate surface area is 124 Å². The van der Waals surface area contributed by atoms with Crippen molar-refractivity contribution < 1.29 is 14.9 Å². The van der Waals surface area contributed by atoms with E-state index >= 15 is 0 Å². The van der Waals surface area contributed by atoms with Crippen molar-refractivity contribution in [1.82, 2.24) is 14.5 Å². The van der Waals surface area contributed by atoms with Gasteiger partial charge in [-0.25, -0.2) is 9.97 Å². The molecule has 2 N–H and O–H groups in total. The maximum absolute atomic E-state index is 10.1. The van der Waals surface area contributed by atoms with Crippen molar-refractivity contribution in [3.63, 3.8) is 0 Å². The van der Waals surface area contributed by atoms with Crippen molar-refractivity contribution in [2.24, 2.45) is 0 Å². The number of hydrogen-bond donors (Lipinski definition) is 2. The van der Waals surface area contributed by atoms with Crippen LogP contribution < -0.4 is 0 Å². The van der Waals surface area contributed by atoms with E-state index in [0.29, 0.717) is 10.8 Å². The molecule has 0 amide bonds. The number of halogens is 1. The lowest BCUT2D eigenvalue weighted by atomic mass is 10.1. The van der Waals surface area contributed by atoms with Crippen LogP contribution in [-0.2, 0) is 4.74 Å². The molecule has 4 unspecified atom stereocenters. The molecule has 0 bridgehead atoms. The van der Waals surface area contributed by atoms with Crippen molar-refractivity contribution in [1.29, 1.82) is 0 Å². The molecule has 1 aliphatic rings. The highest BCUT2D eigenvalue weighted by Gasteiger charge is 2.42. The molecule has 8 heteroatoms. The van der Waals surface area contributed by atoms with E-state index in [1.165, 1.54) is 18.1 Å². The number of aromatic nitrogens is 3. The SMILES string of the molecule is CSc1cn(C2OC(C)C(O)C2O)c2ncnc(Cl)c12. The molecule has 3 rings (SSSR count). The number of fused-ring (bicyclic) bond motifs is 1. The Kier molecular flexibility index (Phi) is 3.64. The monoisotopic (exact) mass is 315 g/mol. The average Bonchev–Trinajstić information content (AvgIpc) is 2.93. The van der Waals surface area contributed by atoms with Gasteiger partial charge in [-0.2, -0.15) is 0 Å². The summed E-state index contributed by atoms with van der Waals surface area (Å²) in [5.74, 6) is 0. The first-order valence-electron chi connectivity index (χ1n) is 6.11. The third-order valence-corrected chi connectivity index (χ3v) is 4.54. The maximum atomic E-state index is 10.1. The molecular formula is C12H14ClN3O3S. The summed E-state index contributed by atoms with van der Waals surface area (Å²) in [5.41, 5.74) is 0.583. The number of ether oxygens (including phenoxy) is 1. The molecule has 0 aliphatic carbocycles. The number of rotatable bonds is 2. The first-order chi connectivity index (χ1) is 9.54. The summed E-state index contributed by atoms with van der Waals surface area (Å²) in [5, 5.41) is 21.0. The number of hydrogen-bond acceptors (Lipinski definition) is 6. The van der Waals surface area contributed by atoms with Crippen LogP contribution in [0.1, 0.15) is 13.2 Å². The Bertz CT molecular complexity index is 650. The van der Waals surface area contributed by atoms with E-state index in [1.54, 1.807) is 11.5 Å². The van der Waals surface area contributed by atoms with E-state index in [9.17, 15) is 10.2 Å². The van der Waals surface area contributed by atoms with Gasteiger partial charge >= 0.3 is 0 Å². The molecule has 2 aromatic rings. The molecule has 1 saturated heterocycles. The lowest BCUT2D eigenvalue weighted by Gasteiger charge is -2.17. The van der Waals surface area contributed by atoms with Crippen molar-refractivity contribution in [3.05, 3.63) is 17.7 Å². The fourth-order valence-electron chi connectivity index (χ4n) is 2.42. The molecule has 1 fully saturated rings. The first kappa shape index (κ1) is 14.1. The number of aliphatic hydroxyl groups is 2. The van der Waals surface area contributed by atoms with Gasteiger partial charge in [-0.15, -0.1) is 11.8 Å². The molecule has 0 saturated carbocycles. The van der Waals surface area contributed by atoms with Crippen LogP contribution in [0.2, 0.25) is 5.15 Å². The minimum Gasteiger partial charge on any atom is -0.388 e. The van der Waals surface area contributed by atoms with Gasteiger partial charge in [-0.3, -0.25) is 0 Å². The zero-order valence-corrected chi connectivity index (χ0v) is 12.5. The minimum absolute atomic E-state index is 0.360. The van der Waals surface area contributed by atoms with E-state index in [2.05, 4.69) is 9.97 Å². The summed E-state index contributed by atoms with van der Waals surface area (Å²) >= 11 is 7.63. The van der Waals surface area contributed by atoms with E-state index in [0.717, 1.165) is 10.3 Å². The number of aliphatic hydroxyl groups excluding tert-OH is 2. The summed E-state index contributed by atoms with van der Waals surface area (Å²) in [6.45, 7) is 1.72. The largest absolute Gasteiger partial charge is 0.388 e. The quantitative estimate of drug-likeness (QED) is 0.645. The topological polar surface area (TPSA) is 80.4 Å². The third kappa shape index (κ3) is 2.01. The van der Waals surface area contributed by atoms with Crippen LogP contribution in [0.4, 0.5) is 0 Å². The van der Waals surface area contributed by atoms with Crippen molar-refractivity contribution in [3.8, 4) is 0 Å². The van der Waals surface area contributed by atoms with Gasteiger partial charge in [0, 0.05) is 11.1 Å². The Balaban J connectivity index is 2.16. The standard InChI is InChI=1S/C12H14ClN3O3S/c1-5-8(17)9(18)12(19-5)16-3-6(20-2)7-10(13)14-4-15-11(7)16/h3-5,8-9,12,17-18H,1-2H3. The predicted molar refractivity (Wildman–Crippen MR) is 75.9 cm³/mol. The zero-order valence-electron chi connectivity index (χ0n) is 10.9. The van der Waals surface area contributed by atoms with Gasteiger partial charge in [-0.05, 0) is 13.2 Å². The summed E-state index contributed by atoms with van der Waals surface area (Å²) in [7, 11) is 0. The van der Waals surface area contributed by atoms with Gasteiger partial charge in [0.15, 0.2) is 6.23 Å². The Morgan fingerprint density at radius 3 is 2.70 bits per heavy atom. The zero-order chi connectivity index (χ0) is 14.4. The number of thioether (sulfide) groups is 1. The molecule has 6 nitrogen and oxygen atoms in total. The average molecular weight is 316 g/mol. The van der Waals surface area contributed by atoms with Gasteiger partial charge in [0.2, 0.25) is 0 Å². The Hall–Kier alpha value is -0.860. The molecule has 0 spiro atoms. The molecule has 108 valence electrons. The van der Waals surface area contributed by atoms with Gasteiger partial charge in [0.25, 0.3) is 0 Å². The van der Waals surface area contributed by atoms with Crippen molar-refractivity contribution in [2.75, 3.05) is 6.26 Å². The fraction of sp³-hybridized carbons (Fsp3) is 0.500. The second-order valence-electron chi connectivity index (χ2n) is 4.68. The Morgan fingerprint density at radius 1 is 1.35 bits per heavy atom. The molecule has 2 aromatic heterocycles. The molecule has 0 radical (unpaired) electrons. The summed E-state index contributed by atoms with van der Waals surface area (Å²) in [6.07, 6.45) is 2.04. The van der Waals surface area contributed by atoms with E-state index in [-0.39, 0.29) is 0 Å². The molecule has 1 aliphatic heterocycles. The Morgan fingerprint density at radius 2 is 2.10 bits per heavy atom.